The van der Waals surface area contributed by atoms with Crippen molar-refractivity contribution in [2.45, 2.75) is 64.5 Å². The summed E-state index contributed by atoms with van der Waals surface area (Å²) < 4.78 is 11.2. The molecule has 1 aromatic rings. The zero-order valence-corrected chi connectivity index (χ0v) is 12.2. The molecule has 0 spiro atoms. The number of aromatic nitrogens is 2. The number of rotatable bonds is 9. The normalized spacial score (nSPS) is 15.9. The molecule has 0 amide bonds. The highest BCUT2D eigenvalue weighted by Gasteiger charge is 2.34. The second-order valence-electron chi connectivity index (χ2n) is 5.12. The molecule has 5 nitrogen and oxygen atoms in total. The van der Waals surface area contributed by atoms with Crippen LogP contribution in [-0.2, 0) is 16.8 Å². The molecule has 0 bridgehead atoms. The maximum absolute atomic E-state index is 5.88. The van der Waals surface area contributed by atoms with Gasteiger partial charge in [0.15, 0.2) is 0 Å². The summed E-state index contributed by atoms with van der Waals surface area (Å²) in [7, 11) is 0. The Balaban J connectivity index is 1.96. The predicted octanol–water partition coefficient (Wildman–Crippen LogP) is 2.42. The Morgan fingerprint density at radius 1 is 1.32 bits per heavy atom. The monoisotopic (exact) mass is 267 g/mol. The number of ether oxygens (including phenoxy) is 1. The SMILES string of the molecule is CCOC(CC)(CC)c1noc(CCNC2CC2)n1. The van der Waals surface area contributed by atoms with Crippen LogP contribution in [0.1, 0.15) is 58.2 Å². The van der Waals surface area contributed by atoms with Crippen LogP contribution in [0.3, 0.4) is 0 Å². The average molecular weight is 267 g/mol. The summed E-state index contributed by atoms with van der Waals surface area (Å²) in [5, 5.41) is 7.57. The van der Waals surface area contributed by atoms with E-state index in [1.807, 2.05) is 6.92 Å². The molecule has 1 N–H and O–H groups in total. The lowest BCUT2D eigenvalue weighted by atomic mass is 9.96. The van der Waals surface area contributed by atoms with Gasteiger partial charge in [0.25, 0.3) is 0 Å². The van der Waals surface area contributed by atoms with Crippen molar-refractivity contribution in [3.8, 4) is 0 Å². The van der Waals surface area contributed by atoms with Crippen LogP contribution in [0, 0.1) is 0 Å². The fraction of sp³-hybridized carbons (Fsp3) is 0.857. The number of nitrogens with zero attached hydrogens (tertiary/aromatic N) is 2. The van der Waals surface area contributed by atoms with Crippen LogP contribution in [-0.4, -0.2) is 29.3 Å². The molecule has 1 aliphatic rings. The summed E-state index contributed by atoms with van der Waals surface area (Å²) >= 11 is 0. The van der Waals surface area contributed by atoms with Crippen molar-refractivity contribution in [1.29, 1.82) is 0 Å². The molecule has 1 heterocycles. The van der Waals surface area contributed by atoms with E-state index in [0.29, 0.717) is 18.3 Å². The van der Waals surface area contributed by atoms with E-state index in [0.717, 1.165) is 31.8 Å². The molecular formula is C14H25N3O2. The van der Waals surface area contributed by atoms with Gasteiger partial charge in [-0.1, -0.05) is 19.0 Å². The molecule has 0 unspecified atom stereocenters. The average Bonchev–Trinajstić information content (AvgIpc) is 3.13. The molecule has 1 fully saturated rings. The minimum atomic E-state index is -0.388. The van der Waals surface area contributed by atoms with Crippen LogP contribution in [0.25, 0.3) is 0 Å². The highest BCUT2D eigenvalue weighted by Crippen LogP contribution is 2.30. The van der Waals surface area contributed by atoms with Gasteiger partial charge in [-0.25, -0.2) is 0 Å². The lowest BCUT2D eigenvalue weighted by molar-refractivity contribution is -0.0583. The van der Waals surface area contributed by atoms with Crippen LogP contribution in [0.15, 0.2) is 4.52 Å². The summed E-state index contributed by atoms with van der Waals surface area (Å²) in [4.78, 5) is 4.52. The molecule has 2 rings (SSSR count). The summed E-state index contributed by atoms with van der Waals surface area (Å²) in [6, 6.07) is 0.719. The Bertz CT molecular complexity index is 384. The highest BCUT2D eigenvalue weighted by atomic mass is 16.5. The van der Waals surface area contributed by atoms with Gasteiger partial charge in [0.05, 0.1) is 0 Å². The lowest BCUT2D eigenvalue weighted by Crippen LogP contribution is -2.30. The van der Waals surface area contributed by atoms with Gasteiger partial charge in [-0.2, -0.15) is 4.98 Å². The van der Waals surface area contributed by atoms with Crippen LogP contribution in [0.2, 0.25) is 0 Å². The second-order valence-corrected chi connectivity index (χ2v) is 5.12. The topological polar surface area (TPSA) is 60.2 Å². The van der Waals surface area contributed by atoms with Crippen molar-refractivity contribution in [1.82, 2.24) is 15.5 Å². The number of nitrogens with one attached hydrogen (secondary N) is 1. The van der Waals surface area contributed by atoms with E-state index in [2.05, 4.69) is 29.3 Å². The first-order valence-corrected chi connectivity index (χ1v) is 7.44. The Morgan fingerprint density at radius 2 is 2.05 bits per heavy atom. The van der Waals surface area contributed by atoms with Gasteiger partial charge in [-0.3, -0.25) is 0 Å². The third-order valence-corrected chi connectivity index (χ3v) is 3.79. The largest absolute Gasteiger partial charge is 0.367 e. The second kappa shape index (κ2) is 6.48. The van der Waals surface area contributed by atoms with E-state index in [4.69, 9.17) is 9.26 Å². The third kappa shape index (κ3) is 3.54. The van der Waals surface area contributed by atoms with Crippen molar-refractivity contribution >= 4 is 0 Å². The fourth-order valence-corrected chi connectivity index (χ4v) is 2.32. The third-order valence-electron chi connectivity index (χ3n) is 3.79. The van der Waals surface area contributed by atoms with Crippen molar-refractivity contribution < 1.29 is 9.26 Å². The molecule has 0 aliphatic heterocycles. The molecule has 0 atom stereocenters. The first-order valence-electron chi connectivity index (χ1n) is 7.44. The predicted molar refractivity (Wildman–Crippen MR) is 72.9 cm³/mol. The van der Waals surface area contributed by atoms with Crippen LogP contribution in [0.5, 0.6) is 0 Å². The first kappa shape index (κ1) is 14.5. The Labute approximate surface area is 115 Å². The summed E-state index contributed by atoms with van der Waals surface area (Å²) in [6.45, 7) is 7.77. The molecule has 1 saturated carbocycles. The smallest absolute Gasteiger partial charge is 0.228 e. The van der Waals surface area contributed by atoms with E-state index in [-0.39, 0.29) is 5.60 Å². The maximum atomic E-state index is 5.88. The quantitative estimate of drug-likeness (QED) is 0.744. The van der Waals surface area contributed by atoms with Crippen LogP contribution in [0.4, 0.5) is 0 Å². The van der Waals surface area contributed by atoms with Gasteiger partial charge < -0.3 is 14.6 Å². The van der Waals surface area contributed by atoms with Gasteiger partial charge in [0, 0.05) is 25.6 Å². The van der Waals surface area contributed by atoms with Crippen molar-refractivity contribution in [2.24, 2.45) is 0 Å². The summed E-state index contributed by atoms with van der Waals surface area (Å²) in [6.07, 6.45) is 5.11. The highest BCUT2D eigenvalue weighted by molar-refractivity contribution is 5.01. The van der Waals surface area contributed by atoms with Gasteiger partial charge >= 0.3 is 0 Å². The number of hydrogen-bond donors (Lipinski definition) is 1. The van der Waals surface area contributed by atoms with E-state index in [1.165, 1.54) is 12.8 Å². The lowest BCUT2D eigenvalue weighted by Gasteiger charge is -2.27. The summed E-state index contributed by atoms with van der Waals surface area (Å²) in [5.74, 6) is 1.40. The maximum Gasteiger partial charge on any atom is 0.228 e. The van der Waals surface area contributed by atoms with E-state index in [1.54, 1.807) is 0 Å². The minimum Gasteiger partial charge on any atom is -0.367 e. The van der Waals surface area contributed by atoms with Gasteiger partial charge in [-0.05, 0) is 32.6 Å². The molecular weight excluding hydrogens is 242 g/mol. The zero-order chi connectivity index (χ0) is 13.7. The first-order chi connectivity index (χ1) is 9.24. The Hall–Kier alpha value is -0.940. The van der Waals surface area contributed by atoms with E-state index >= 15 is 0 Å². The summed E-state index contributed by atoms with van der Waals surface area (Å²) in [5.41, 5.74) is -0.388. The molecule has 19 heavy (non-hydrogen) atoms. The molecule has 108 valence electrons. The van der Waals surface area contributed by atoms with Gasteiger partial charge in [0.1, 0.15) is 5.60 Å². The molecule has 5 heteroatoms. The van der Waals surface area contributed by atoms with Crippen LogP contribution >= 0.6 is 0 Å². The zero-order valence-electron chi connectivity index (χ0n) is 12.2. The Kier molecular flexibility index (Phi) is 4.93. The van der Waals surface area contributed by atoms with Crippen molar-refractivity contribution in [3.05, 3.63) is 11.7 Å². The minimum absolute atomic E-state index is 0.388. The van der Waals surface area contributed by atoms with Gasteiger partial charge in [-0.15, -0.1) is 0 Å². The van der Waals surface area contributed by atoms with E-state index in [9.17, 15) is 0 Å². The van der Waals surface area contributed by atoms with Crippen molar-refractivity contribution in [2.75, 3.05) is 13.2 Å². The fourth-order valence-electron chi connectivity index (χ4n) is 2.32. The van der Waals surface area contributed by atoms with Gasteiger partial charge in [0.2, 0.25) is 11.7 Å². The van der Waals surface area contributed by atoms with Crippen molar-refractivity contribution in [3.63, 3.8) is 0 Å². The molecule has 1 aromatic heterocycles. The molecule has 0 radical (unpaired) electrons. The Morgan fingerprint density at radius 3 is 2.63 bits per heavy atom. The standard InChI is InChI=1S/C14H25N3O2/c1-4-14(5-2,18-6-3)13-16-12(19-17-13)9-10-15-11-7-8-11/h11,15H,4-10H2,1-3H3. The molecule has 1 aliphatic carbocycles. The molecule has 0 saturated heterocycles. The number of hydrogen-bond acceptors (Lipinski definition) is 5. The van der Waals surface area contributed by atoms with E-state index < -0.39 is 0 Å². The van der Waals surface area contributed by atoms with Crippen LogP contribution < -0.4 is 5.32 Å². The molecule has 0 aromatic carbocycles.